The van der Waals surface area contributed by atoms with Crippen LogP contribution in [-0.4, -0.2) is 135 Å². The van der Waals surface area contributed by atoms with Crippen LogP contribution >= 0.6 is 0 Å². The number of methoxy groups -OCH3 is 1. The summed E-state index contributed by atoms with van der Waals surface area (Å²) in [6.07, 6.45) is 2.45. The highest BCUT2D eigenvalue weighted by atomic mass is 19.4. The summed E-state index contributed by atoms with van der Waals surface area (Å²) in [6, 6.07) is 29.7. The van der Waals surface area contributed by atoms with E-state index in [0.717, 1.165) is 67.7 Å². The Hall–Kier alpha value is -8.23. The smallest absolute Gasteiger partial charge is 0.406 e. The van der Waals surface area contributed by atoms with Gasteiger partial charge in [-0.05, 0) is 112 Å². The summed E-state index contributed by atoms with van der Waals surface area (Å²) in [5, 5.41) is 29.0. The first-order valence-corrected chi connectivity index (χ1v) is 28.0. The molecule has 83 heavy (non-hydrogen) atoms. The number of piperidine rings is 2. The molecular formula is C61H74F3N13O6. The van der Waals surface area contributed by atoms with Crippen molar-refractivity contribution in [3.63, 3.8) is 0 Å². The summed E-state index contributed by atoms with van der Waals surface area (Å²) in [4.78, 5) is 60.4. The number of nitrogens with zero attached hydrogens (tertiary/aromatic N) is 7. The van der Waals surface area contributed by atoms with E-state index in [0.29, 0.717) is 90.9 Å². The summed E-state index contributed by atoms with van der Waals surface area (Å²) >= 11 is 0. The zero-order valence-corrected chi connectivity index (χ0v) is 47.5. The number of halogens is 3. The summed E-state index contributed by atoms with van der Waals surface area (Å²) in [5.41, 5.74) is 7.32. The second-order valence-corrected chi connectivity index (χ2v) is 21.0. The van der Waals surface area contributed by atoms with E-state index < -0.39 is 18.3 Å². The lowest BCUT2D eigenvalue weighted by Gasteiger charge is -2.38. The lowest BCUT2D eigenvalue weighted by atomic mass is 9.91. The Morgan fingerprint density at radius 1 is 0.880 bits per heavy atom. The number of alkyl halides is 3. The first-order valence-electron chi connectivity index (χ1n) is 28.0. The molecule has 440 valence electrons. The molecule has 0 saturated carbocycles. The molecule has 0 aliphatic carbocycles. The van der Waals surface area contributed by atoms with Crippen LogP contribution in [0.3, 0.4) is 0 Å². The molecule has 5 heterocycles. The zero-order chi connectivity index (χ0) is 59.1. The molecule has 2 fully saturated rings. The first-order chi connectivity index (χ1) is 40.0. The number of carbonyl (C=O) groups is 3. The molecule has 0 spiro atoms. The standard InChI is InChI=1S/C60H68F3N11O6.CH6N2/c1-64-57(77)44-22-23-49(51(35-44)80-3)65-29-10-13-46-36-47-48(14-9-15-50(47)74(46)39-60(61,62)63)68-45-25-31-71(32-26-45)30-8-7-16-52(75)66-37-42-17-20-43(21-18-42)56-54-55(69-70(56)2)58(78)73(40-67-54)38-59(79)27-33-72(34-28-59)53(76)24-19-41-11-5-4-6-12-41;1-3-2/h4-6,9,11-12,14-15,17-18,20-23,35-36,40,45,65,68,79H,7-8,16,19,24-34,37-39H2,1-3H3,(H,64,77)(H,66,75);3H,2H2,1H3. The fourth-order valence-electron chi connectivity index (χ4n) is 10.7. The number of benzene rings is 4. The number of aliphatic hydroxyl groups is 1. The number of nitrogens with two attached hydrogens (primary N) is 1. The molecule has 2 aliphatic rings. The molecule has 8 N–H and O–H groups in total. The first kappa shape index (κ1) is 60.9. The highest BCUT2D eigenvalue weighted by molar-refractivity contribution is 5.95. The molecule has 3 amide bonds. The molecule has 0 atom stereocenters. The zero-order valence-electron chi connectivity index (χ0n) is 47.5. The minimum Gasteiger partial charge on any atom is -0.495 e. The Bertz CT molecular complexity index is 3460. The Morgan fingerprint density at radius 3 is 2.31 bits per heavy atom. The van der Waals surface area contributed by atoms with Gasteiger partial charge in [0.05, 0.1) is 54.7 Å². The molecule has 0 radical (unpaired) electrons. The third-order valence-corrected chi connectivity index (χ3v) is 15.1. The Balaban J connectivity index is 0.00000294. The Labute approximate surface area is 480 Å². The van der Waals surface area contributed by atoms with Crippen LogP contribution in [0, 0.1) is 11.8 Å². The van der Waals surface area contributed by atoms with E-state index in [1.54, 1.807) is 60.1 Å². The molecule has 9 rings (SSSR count). The van der Waals surface area contributed by atoms with Gasteiger partial charge in [-0.1, -0.05) is 66.6 Å². The minimum absolute atomic E-state index is 0.0341. The van der Waals surface area contributed by atoms with Crippen LogP contribution in [0.25, 0.3) is 33.2 Å². The molecule has 0 bridgehead atoms. The minimum atomic E-state index is -4.46. The van der Waals surface area contributed by atoms with Gasteiger partial charge in [0, 0.05) is 87.9 Å². The largest absolute Gasteiger partial charge is 0.495 e. The van der Waals surface area contributed by atoms with Gasteiger partial charge in [-0.15, -0.1) is 0 Å². The van der Waals surface area contributed by atoms with Crippen LogP contribution in [0.2, 0.25) is 0 Å². The lowest BCUT2D eigenvalue weighted by Crippen LogP contribution is -2.49. The summed E-state index contributed by atoms with van der Waals surface area (Å²) in [5.74, 6) is 10.7. The van der Waals surface area contributed by atoms with Gasteiger partial charge in [0.25, 0.3) is 11.5 Å². The molecule has 3 aromatic heterocycles. The van der Waals surface area contributed by atoms with Gasteiger partial charge in [-0.3, -0.25) is 39.7 Å². The number of ether oxygens (including phenoxy) is 1. The number of amides is 3. The molecule has 2 saturated heterocycles. The van der Waals surface area contributed by atoms with E-state index in [-0.39, 0.29) is 53.6 Å². The van der Waals surface area contributed by atoms with Gasteiger partial charge in [-0.2, -0.15) is 18.3 Å². The van der Waals surface area contributed by atoms with Crippen LogP contribution in [0.4, 0.5) is 24.5 Å². The van der Waals surface area contributed by atoms with Crippen molar-refractivity contribution in [3.8, 4) is 28.8 Å². The predicted molar refractivity (Wildman–Crippen MR) is 316 cm³/mol. The average Bonchev–Trinajstić information content (AvgIpc) is 3.29. The van der Waals surface area contributed by atoms with Crippen molar-refractivity contribution in [2.24, 2.45) is 12.9 Å². The van der Waals surface area contributed by atoms with Crippen molar-refractivity contribution < 1.29 is 37.4 Å². The number of unbranched alkanes of at least 4 members (excludes halogenated alkanes) is 1. The van der Waals surface area contributed by atoms with Gasteiger partial charge in [0.1, 0.15) is 17.8 Å². The number of nitrogens with one attached hydrogen (secondary N) is 5. The number of aromatic nitrogens is 5. The van der Waals surface area contributed by atoms with Crippen LogP contribution in [0.1, 0.15) is 78.5 Å². The maximum Gasteiger partial charge on any atom is 0.406 e. The highest BCUT2D eigenvalue weighted by Gasteiger charge is 2.35. The number of carbonyl (C=O) groups excluding carboxylic acids is 3. The summed E-state index contributed by atoms with van der Waals surface area (Å²) < 4.78 is 51.4. The van der Waals surface area contributed by atoms with Gasteiger partial charge >= 0.3 is 6.18 Å². The lowest BCUT2D eigenvalue weighted by molar-refractivity contribution is -0.140. The number of likely N-dealkylation sites (tertiary alicyclic amines) is 2. The topological polar surface area (TPSA) is 231 Å². The third kappa shape index (κ3) is 16.1. The van der Waals surface area contributed by atoms with Crippen molar-refractivity contribution in [2.75, 3.05) is 71.1 Å². The van der Waals surface area contributed by atoms with E-state index >= 15 is 0 Å². The van der Waals surface area contributed by atoms with Crippen LogP contribution in [-0.2, 0) is 42.7 Å². The van der Waals surface area contributed by atoms with Crippen molar-refractivity contribution >= 4 is 51.0 Å². The van der Waals surface area contributed by atoms with E-state index in [1.165, 1.54) is 29.6 Å². The molecular weight excluding hydrogens is 1070 g/mol. The number of rotatable bonds is 20. The number of hydrazine groups is 1. The van der Waals surface area contributed by atoms with E-state index in [4.69, 9.17) is 4.74 Å². The van der Waals surface area contributed by atoms with Crippen LogP contribution in [0.15, 0.2) is 108 Å². The van der Waals surface area contributed by atoms with Gasteiger partial charge in [0.15, 0.2) is 5.52 Å². The van der Waals surface area contributed by atoms with E-state index in [9.17, 15) is 37.5 Å². The Kier molecular flexibility index (Phi) is 20.7. The van der Waals surface area contributed by atoms with Crippen LogP contribution in [0.5, 0.6) is 5.75 Å². The monoisotopic (exact) mass is 1140 g/mol. The number of hydrogen-bond acceptors (Lipinski definition) is 13. The maximum atomic E-state index is 13.9. The number of fused-ring (bicyclic) bond motifs is 2. The summed E-state index contributed by atoms with van der Waals surface area (Å²) in [6.45, 7) is 2.72. The van der Waals surface area contributed by atoms with Crippen molar-refractivity contribution in [2.45, 2.75) is 95.2 Å². The Morgan fingerprint density at radius 2 is 1.61 bits per heavy atom. The number of anilines is 2. The van der Waals surface area contributed by atoms with Gasteiger partial charge < -0.3 is 45.5 Å². The molecule has 7 aromatic rings. The van der Waals surface area contributed by atoms with E-state index in [1.807, 2.05) is 60.7 Å². The molecule has 4 aromatic carbocycles. The highest BCUT2D eigenvalue weighted by Crippen LogP contribution is 2.33. The SMILES string of the molecule is CNC(=O)c1ccc(NCC#Cc2cc3c(NC4CCN(CCCCC(=O)NCc5ccc(-c6c7ncn(CC8(O)CCN(C(=O)CCc9ccccc9)CC8)c(=O)c7nn6C)cc5)CC4)cccc3n2CC(F)(F)F)c(OC)c1.CNN. The van der Waals surface area contributed by atoms with Crippen molar-refractivity contribution in [1.29, 1.82) is 0 Å². The number of hydrogen-bond donors (Lipinski definition) is 7. The van der Waals surface area contributed by atoms with Gasteiger partial charge in [0.2, 0.25) is 11.8 Å². The summed E-state index contributed by atoms with van der Waals surface area (Å²) in [7, 11) is 6.43. The van der Waals surface area contributed by atoms with E-state index in [2.05, 4.69) is 59.4 Å². The number of aryl methyl sites for hydroxylation is 2. The van der Waals surface area contributed by atoms with Crippen molar-refractivity contribution in [3.05, 3.63) is 136 Å². The predicted octanol–water partition coefficient (Wildman–Crippen LogP) is 6.57. The van der Waals surface area contributed by atoms with Crippen LogP contribution < -0.4 is 42.8 Å². The maximum absolute atomic E-state index is 13.9. The molecule has 22 heteroatoms. The van der Waals surface area contributed by atoms with Crippen molar-refractivity contribution in [1.82, 2.24) is 49.8 Å². The van der Waals surface area contributed by atoms with Gasteiger partial charge in [-0.25, -0.2) is 4.98 Å². The average molecular weight is 1140 g/mol. The fraction of sp³-hybridized carbons (Fsp3) is 0.410. The molecule has 19 nitrogen and oxygen atoms in total. The normalized spacial score (nSPS) is 14.5. The quantitative estimate of drug-likeness (QED) is 0.0186. The second-order valence-electron chi connectivity index (χ2n) is 21.0. The third-order valence-electron chi connectivity index (χ3n) is 15.1. The molecule has 2 aliphatic heterocycles. The second kappa shape index (κ2) is 28.2. The molecule has 0 unspecified atom stereocenters. The fourth-order valence-corrected chi connectivity index (χ4v) is 10.7.